The zero-order valence-corrected chi connectivity index (χ0v) is 37.7. The fourth-order valence-electron chi connectivity index (χ4n) is 11.3. The number of pyridine rings is 2. The predicted molar refractivity (Wildman–Crippen MR) is 285 cm³/mol. The van der Waals surface area contributed by atoms with E-state index in [1.54, 1.807) is 12.4 Å². The summed E-state index contributed by atoms with van der Waals surface area (Å²) in [6, 6.07) is 75.3. The van der Waals surface area contributed by atoms with E-state index in [1.165, 1.54) is 60.8 Å². The highest BCUT2D eigenvalue weighted by Crippen LogP contribution is 2.51. The molecule has 0 radical (unpaired) electrons. The molecule has 0 aliphatic heterocycles. The third kappa shape index (κ3) is 5.98. The lowest BCUT2D eigenvalue weighted by Gasteiger charge is -2.15. The minimum Gasteiger partial charge on any atom is -0.456 e. The number of fused-ring (bicyclic) bond motifs is 12. The molecule has 0 saturated heterocycles. The number of aromatic nitrogens is 3. The Kier molecular flexibility index (Phi) is 8.36. The third-order valence-electron chi connectivity index (χ3n) is 14.7. The quantitative estimate of drug-likeness (QED) is 0.167. The van der Waals surface area contributed by atoms with Gasteiger partial charge in [0, 0.05) is 68.7 Å². The molecular formula is C65H39N3O2. The van der Waals surface area contributed by atoms with Crippen molar-refractivity contribution in [2.24, 2.45) is 0 Å². The van der Waals surface area contributed by atoms with E-state index in [-0.39, 0.29) is 5.92 Å². The maximum absolute atomic E-state index is 6.30. The molecule has 5 heterocycles. The Morgan fingerprint density at radius 1 is 0.329 bits per heavy atom. The van der Waals surface area contributed by atoms with Gasteiger partial charge in [0.15, 0.2) is 0 Å². The van der Waals surface area contributed by atoms with Crippen molar-refractivity contribution in [1.82, 2.24) is 14.5 Å². The van der Waals surface area contributed by atoms with Crippen LogP contribution in [0.2, 0.25) is 0 Å². The number of furan rings is 2. The molecule has 1 atom stereocenters. The highest BCUT2D eigenvalue weighted by atomic mass is 16.3. The smallest absolute Gasteiger partial charge is 0.138 e. The predicted octanol–water partition coefficient (Wildman–Crippen LogP) is 17.2. The van der Waals surface area contributed by atoms with Crippen LogP contribution in [-0.2, 0) is 0 Å². The van der Waals surface area contributed by atoms with Crippen molar-refractivity contribution in [3.05, 3.63) is 248 Å². The summed E-state index contributed by atoms with van der Waals surface area (Å²) in [5, 5.41) is 6.61. The molecule has 5 nitrogen and oxygen atoms in total. The first-order chi connectivity index (χ1) is 34.7. The second-order valence-corrected chi connectivity index (χ2v) is 18.5. The maximum atomic E-state index is 6.30. The van der Waals surface area contributed by atoms with Gasteiger partial charge in [-0.3, -0.25) is 9.97 Å². The second kappa shape index (κ2) is 15.1. The van der Waals surface area contributed by atoms with Crippen molar-refractivity contribution >= 4 is 65.7 Å². The molecule has 1 aliphatic carbocycles. The number of hydrogen-bond donors (Lipinski definition) is 0. The summed E-state index contributed by atoms with van der Waals surface area (Å²) in [5.74, 6) is 0.141. The number of rotatable bonds is 6. The van der Waals surface area contributed by atoms with Gasteiger partial charge < -0.3 is 13.4 Å². The van der Waals surface area contributed by atoms with Crippen LogP contribution in [0.3, 0.4) is 0 Å². The minimum atomic E-state index is 0.141. The summed E-state index contributed by atoms with van der Waals surface area (Å²) < 4.78 is 15.0. The Morgan fingerprint density at radius 2 is 0.786 bits per heavy atom. The summed E-state index contributed by atoms with van der Waals surface area (Å²) in [4.78, 5) is 8.69. The monoisotopic (exact) mass is 893 g/mol. The van der Waals surface area contributed by atoms with Gasteiger partial charge in [0.1, 0.15) is 22.3 Å². The first kappa shape index (κ1) is 38.8. The summed E-state index contributed by atoms with van der Waals surface area (Å²) in [6.07, 6.45) is 7.32. The van der Waals surface area contributed by atoms with Crippen LogP contribution in [0.15, 0.2) is 240 Å². The van der Waals surface area contributed by atoms with Crippen LogP contribution < -0.4 is 0 Å². The molecule has 9 aromatic carbocycles. The van der Waals surface area contributed by atoms with E-state index in [4.69, 9.17) is 8.83 Å². The Hall–Kier alpha value is -9.32. The van der Waals surface area contributed by atoms with Crippen molar-refractivity contribution in [2.45, 2.75) is 5.92 Å². The first-order valence-corrected chi connectivity index (χ1v) is 23.8. The second-order valence-electron chi connectivity index (χ2n) is 18.5. The average Bonchev–Trinajstić information content (AvgIpc) is 4.18. The van der Waals surface area contributed by atoms with Crippen molar-refractivity contribution in [2.75, 3.05) is 0 Å². The number of nitrogens with zero attached hydrogens (tertiary/aromatic N) is 3. The number of benzene rings is 9. The average molecular weight is 894 g/mol. The van der Waals surface area contributed by atoms with Crippen LogP contribution in [0.5, 0.6) is 0 Å². The third-order valence-corrected chi connectivity index (χ3v) is 14.7. The minimum absolute atomic E-state index is 0.141. The van der Waals surface area contributed by atoms with E-state index in [2.05, 4.69) is 209 Å². The van der Waals surface area contributed by atoms with Crippen LogP contribution in [0.1, 0.15) is 22.6 Å². The maximum Gasteiger partial charge on any atom is 0.138 e. The van der Waals surface area contributed by atoms with Crippen LogP contribution in [-0.4, -0.2) is 14.5 Å². The van der Waals surface area contributed by atoms with E-state index in [0.29, 0.717) is 0 Å². The van der Waals surface area contributed by atoms with E-state index < -0.39 is 0 Å². The Morgan fingerprint density at radius 3 is 1.33 bits per heavy atom. The fourth-order valence-corrected chi connectivity index (χ4v) is 11.3. The normalized spacial score (nSPS) is 13.3. The van der Waals surface area contributed by atoms with Crippen molar-refractivity contribution in [3.63, 3.8) is 0 Å². The lowest BCUT2D eigenvalue weighted by Crippen LogP contribution is -1.98. The lowest BCUT2D eigenvalue weighted by atomic mass is 9.88. The van der Waals surface area contributed by atoms with Gasteiger partial charge in [0.05, 0.1) is 11.0 Å². The SMILES string of the molecule is c1ccc(C2c3ccc(-c4cccc(-c5ccc6c(c5)c5cc(-c7ccc8c(c7)oc7ccncc78)ccc5n6-c5ccccc5)c4)cc3-c3cc(-c4ccc5c(c4)oc4ccncc45)ccc32)cc1. The standard InChI is InChI=1S/C65H39N3O2/c1-3-8-39(9-4-1)65-51-22-16-42(31-53(51)54-32-43(17-23-52(54)65)46-14-20-49-57-37-66-28-26-61(57)69-63(49)35-46)40-10-7-11-41(30-40)44-18-24-59-55(33-44)56-34-45(19-25-60(56)68(59)48-12-5-2-6-13-48)47-15-21-50-58-38-67-29-27-62(58)70-64(50)36-47/h1-38,65H. The molecule has 5 aromatic heterocycles. The van der Waals surface area contributed by atoms with Gasteiger partial charge >= 0.3 is 0 Å². The molecule has 0 amide bonds. The van der Waals surface area contributed by atoms with Crippen LogP contribution >= 0.6 is 0 Å². The van der Waals surface area contributed by atoms with Gasteiger partial charge in [-0.25, -0.2) is 0 Å². The molecule has 1 aliphatic rings. The van der Waals surface area contributed by atoms with Gasteiger partial charge in [-0.15, -0.1) is 0 Å². The van der Waals surface area contributed by atoms with Crippen LogP contribution in [0.4, 0.5) is 0 Å². The highest BCUT2D eigenvalue weighted by Gasteiger charge is 2.31. The highest BCUT2D eigenvalue weighted by molar-refractivity contribution is 6.12. The Bertz CT molecular complexity index is 4430. The van der Waals surface area contributed by atoms with Crippen molar-refractivity contribution in [3.8, 4) is 61.3 Å². The molecule has 0 saturated carbocycles. The molecule has 0 N–H and O–H groups in total. The Balaban J connectivity index is 0.837. The molecule has 0 spiro atoms. The van der Waals surface area contributed by atoms with Gasteiger partial charge in [0.2, 0.25) is 0 Å². The largest absolute Gasteiger partial charge is 0.456 e. The van der Waals surface area contributed by atoms with Gasteiger partial charge in [-0.05, 0) is 163 Å². The summed E-state index contributed by atoms with van der Waals surface area (Å²) in [7, 11) is 0. The van der Waals surface area contributed by atoms with E-state index in [9.17, 15) is 0 Å². The molecule has 0 bridgehead atoms. The zero-order chi connectivity index (χ0) is 45.9. The topological polar surface area (TPSA) is 57.0 Å². The van der Waals surface area contributed by atoms with Gasteiger partial charge in [-0.1, -0.05) is 115 Å². The molecule has 1 unspecified atom stereocenters. The van der Waals surface area contributed by atoms with Crippen LogP contribution in [0, 0.1) is 0 Å². The number of para-hydroxylation sites is 1. The molecule has 326 valence electrons. The lowest BCUT2D eigenvalue weighted by molar-refractivity contribution is 0.668. The van der Waals surface area contributed by atoms with Crippen molar-refractivity contribution < 1.29 is 8.83 Å². The molecule has 15 rings (SSSR count). The van der Waals surface area contributed by atoms with Crippen molar-refractivity contribution in [1.29, 1.82) is 0 Å². The van der Waals surface area contributed by atoms with E-state index in [0.717, 1.165) is 82.9 Å². The molecule has 5 heteroatoms. The number of hydrogen-bond acceptors (Lipinski definition) is 4. The summed E-state index contributed by atoms with van der Waals surface area (Å²) >= 11 is 0. The molecule has 0 fully saturated rings. The summed E-state index contributed by atoms with van der Waals surface area (Å²) in [5.41, 5.74) is 22.6. The fraction of sp³-hybridized carbons (Fsp3) is 0.0154. The van der Waals surface area contributed by atoms with Crippen LogP contribution in [0.25, 0.3) is 127 Å². The zero-order valence-electron chi connectivity index (χ0n) is 37.7. The van der Waals surface area contributed by atoms with E-state index in [1.807, 2.05) is 24.5 Å². The van der Waals surface area contributed by atoms with E-state index >= 15 is 0 Å². The van der Waals surface area contributed by atoms with Gasteiger partial charge in [-0.2, -0.15) is 0 Å². The summed E-state index contributed by atoms with van der Waals surface area (Å²) in [6.45, 7) is 0. The molecular weight excluding hydrogens is 855 g/mol. The molecule has 14 aromatic rings. The molecule has 70 heavy (non-hydrogen) atoms. The van der Waals surface area contributed by atoms with Gasteiger partial charge in [0.25, 0.3) is 0 Å². The Labute approximate surface area is 402 Å². The first-order valence-electron chi connectivity index (χ1n) is 23.8.